The van der Waals surface area contributed by atoms with Gasteiger partial charge >= 0.3 is 0 Å². The molecule has 0 radical (unpaired) electrons. The fourth-order valence-electron chi connectivity index (χ4n) is 4.53. The molecular weight excluding hydrogens is 524 g/mol. The van der Waals surface area contributed by atoms with Crippen LogP contribution in [-0.4, -0.2) is 35.1 Å². The summed E-state index contributed by atoms with van der Waals surface area (Å²) in [5.41, 5.74) is 9.31. The molecule has 4 rings (SSSR count). The summed E-state index contributed by atoms with van der Waals surface area (Å²) in [5.74, 6) is 1.96. The zero-order chi connectivity index (χ0) is 26.6. The minimum absolute atomic E-state index is 0. The van der Waals surface area contributed by atoms with Crippen LogP contribution >= 0.6 is 15.9 Å². The van der Waals surface area contributed by atoms with E-state index in [0.717, 1.165) is 29.4 Å². The van der Waals surface area contributed by atoms with Gasteiger partial charge in [0.2, 0.25) is 0 Å². The Balaban J connectivity index is 0.000000253. The number of nitrogens with zero attached hydrogens (tertiary/aromatic N) is 4. The van der Waals surface area contributed by atoms with Crippen molar-refractivity contribution in [1.29, 1.82) is 0 Å². The molecule has 2 atom stereocenters. The third-order valence-corrected chi connectivity index (χ3v) is 6.34. The van der Waals surface area contributed by atoms with Gasteiger partial charge in [0.25, 0.3) is 0 Å². The number of pyridine rings is 2. The number of aromatic nitrogens is 4. The maximum absolute atomic E-state index is 9.48. The smallest absolute Gasteiger partial charge is 0.137 e. The predicted molar refractivity (Wildman–Crippen MR) is 160 cm³/mol. The number of hydrogen-bond acceptors (Lipinski definition) is 3. The van der Waals surface area contributed by atoms with Crippen molar-refractivity contribution in [2.24, 2.45) is 0 Å². The maximum Gasteiger partial charge on any atom is 0.137 e. The average Bonchev–Trinajstić information content (AvgIpc) is 3.26. The SMILES string of the molecule is C.Cc1cc(CC(C)Br)nc(-n2c(C)ccc2C)c1.Cc1cc(CC(C)O)nc(-n2c(C)ccc2C)c1. The van der Waals surface area contributed by atoms with Gasteiger partial charge in [-0.15, -0.1) is 0 Å². The van der Waals surface area contributed by atoms with Crippen LogP contribution in [0, 0.1) is 41.5 Å². The summed E-state index contributed by atoms with van der Waals surface area (Å²) in [7, 11) is 0. The molecule has 6 heteroatoms. The van der Waals surface area contributed by atoms with Crippen LogP contribution < -0.4 is 0 Å². The summed E-state index contributed by atoms with van der Waals surface area (Å²) in [6.45, 7) is 16.5. The fraction of sp³-hybridized carbons (Fsp3) is 0.419. The van der Waals surface area contributed by atoms with Gasteiger partial charge in [-0.25, -0.2) is 9.97 Å². The normalized spacial score (nSPS) is 12.4. The number of aliphatic hydroxyl groups excluding tert-OH is 1. The Morgan fingerprint density at radius 2 is 1.03 bits per heavy atom. The summed E-state index contributed by atoms with van der Waals surface area (Å²) in [6, 6.07) is 16.9. The Kier molecular flexibility index (Phi) is 10.9. The van der Waals surface area contributed by atoms with Crippen LogP contribution in [0.25, 0.3) is 11.6 Å². The summed E-state index contributed by atoms with van der Waals surface area (Å²) in [5, 5.41) is 9.48. The highest BCUT2D eigenvalue weighted by molar-refractivity contribution is 9.09. The molecular formula is C31H43BrN4O. The first-order valence-corrected chi connectivity index (χ1v) is 13.4. The highest BCUT2D eigenvalue weighted by Crippen LogP contribution is 2.19. The van der Waals surface area contributed by atoms with Crippen LogP contribution in [0.2, 0.25) is 0 Å². The van der Waals surface area contributed by atoms with Gasteiger partial charge in [0.1, 0.15) is 11.6 Å². The number of hydrogen-bond donors (Lipinski definition) is 1. The van der Waals surface area contributed by atoms with Crippen LogP contribution in [0.5, 0.6) is 0 Å². The van der Waals surface area contributed by atoms with Crippen LogP contribution in [0.1, 0.15) is 66.6 Å². The quantitative estimate of drug-likeness (QED) is 0.246. The van der Waals surface area contributed by atoms with E-state index >= 15 is 0 Å². The van der Waals surface area contributed by atoms with Gasteiger partial charge in [0, 0.05) is 51.8 Å². The van der Waals surface area contributed by atoms with Crippen molar-refractivity contribution < 1.29 is 5.11 Å². The Bertz CT molecular complexity index is 1180. The zero-order valence-corrected chi connectivity index (χ0v) is 24.4. The van der Waals surface area contributed by atoms with E-state index in [1.54, 1.807) is 6.92 Å². The molecule has 0 aliphatic heterocycles. The van der Waals surface area contributed by atoms with Crippen molar-refractivity contribution in [1.82, 2.24) is 19.1 Å². The molecule has 4 aromatic heterocycles. The molecule has 0 saturated heterocycles. The molecule has 0 spiro atoms. The van der Waals surface area contributed by atoms with Crippen LogP contribution in [0.15, 0.2) is 48.5 Å². The average molecular weight is 568 g/mol. The van der Waals surface area contributed by atoms with Gasteiger partial charge in [0.05, 0.1) is 6.10 Å². The second kappa shape index (κ2) is 13.2. The monoisotopic (exact) mass is 566 g/mol. The zero-order valence-electron chi connectivity index (χ0n) is 22.8. The van der Waals surface area contributed by atoms with Crippen molar-refractivity contribution in [3.63, 3.8) is 0 Å². The summed E-state index contributed by atoms with van der Waals surface area (Å²) >= 11 is 3.59. The van der Waals surface area contributed by atoms with E-state index in [2.05, 4.69) is 121 Å². The third-order valence-electron chi connectivity index (χ3n) is 6.01. The maximum atomic E-state index is 9.48. The van der Waals surface area contributed by atoms with Gasteiger partial charge in [0.15, 0.2) is 0 Å². The molecule has 37 heavy (non-hydrogen) atoms. The molecule has 200 valence electrons. The fourth-order valence-corrected chi connectivity index (χ4v) is 4.86. The molecule has 2 unspecified atom stereocenters. The van der Waals surface area contributed by atoms with E-state index < -0.39 is 0 Å². The molecule has 1 N–H and O–H groups in total. The van der Waals surface area contributed by atoms with E-state index in [4.69, 9.17) is 4.98 Å². The summed E-state index contributed by atoms with van der Waals surface area (Å²) in [4.78, 5) is 9.86. The Morgan fingerprint density at radius 1 is 0.676 bits per heavy atom. The lowest BCUT2D eigenvalue weighted by Gasteiger charge is -2.12. The van der Waals surface area contributed by atoms with Gasteiger partial charge in [-0.1, -0.05) is 30.3 Å². The van der Waals surface area contributed by atoms with Crippen LogP contribution in [0.3, 0.4) is 0 Å². The van der Waals surface area contributed by atoms with Crippen LogP contribution in [0.4, 0.5) is 0 Å². The topological polar surface area (TPSA) is 55.9 Å². The standard InChI is InChI=1S/C15H19BrN2.C15H20N2O.CH4/c1-10-7-14(9-11(2)16)17-15(8-10)18-12(3)5-6-13(18)4;1-10-7-14(9-13(4)18)16-15(8-10)17-11(2)5-6-12(17)3;/h5-8,11H,9H2,1-4H3;5-8,13,18H,9H2,1-4H3;1H4. The molecule has 0 amide bonds. The van der Waals surface area contributed by atoms with E-state index in [0.29, 0.717) is 11.2 Å². The minimum atomic E-state index is -0.362. The van der Waals surface area contributed by atoms with Gasteiger partial charge in [-0.2, -0.15) is 0 Å². The van der Waals surface area contributed by atoms with E-state index in [9.17, 15) is 5.11 Å². The third kappa shape index (κ3) is 8.14. The number of rotatable bonds is 6. The summed E-state index contributed by atoms with van der Waals surface area (Å²) < 4.78 is 4.34. The highest BCUT2D eigenvalue weighted by Gasteiger charge is 2.10. The molecule has 4 aromatic rings. The largest absolute Gasteiger partial charge is 0.393 e. The highest BCUT2D eigenvalue weighted by atomic mass is 79.9. The molecule has 0 aliphatic carbocycles. The number of aryl methyl sites for hydroxylation is 6. The van der Waals surface area contributed by atoms with Gasteiger partial charge in [-0.05, 0) is 108 Å². The lowest BCUT2D eigenvalue weighted by molar-refractivity contribution is 0.194. The first kappa shape index (κ1) is 30.5. The minimum Gasteiger partial charge on any atom is -0.393 e. The molecule has 5 nitrogen and oxygen atoms in total. The Hall–Kier alpha value is -2.70. The van der Waals surface area contributed by atoms with E-state index in [1.165, 1.54) is 33.9 Å². The van der Waals surface area contributed by atoms with Crippen LogP contribution in [-0.2, 0) is 12.8 Å². The van der Waals surface area contributed by atoms with Crippen molar-refractivity contribution in [2.45, 2.75) is 86.6 Å². The van der Waals surface area contributed by atoms with Crippen molar-refractivity contribution in [3.05, 3.63) is 93.8 Å². The second-order valence-electron chi connectivity index (χ2n) is 9.93. The lowest BCUT2D eigenvalue weighted by atomic mass is 10.1. The van der Waals surface area contributed by atoms with Crippen molar-refractivity contribution in [2.75, 3.05) is 0 Å². The Morgan fingerprint density at radius 3 is 1.35 bits per heavy atom. The van der Waals surface area contributed by atoms with Gasteiger partial charge in [-0.3, -0.25) is 0 Å². The predicted octanol–water partition coefficient (Wildman–Crippen LogP) is 7.48. The summed E-state index contributed by atoms with van der Waals surface area (Å²) in [6.07, 6.45) is 1.18. The molecule has 4 heterocycles. The van der Waals surface area contributed by atoms with Crippen molar-refractivity contribution in [3.8, 4) is 11.6 Å². The lowest BCUT2D eigenvalue weighted by Crippen LogP contribution is -2.09. The number of halogens is 1. The molecule has 0 saturated carbocycles. The van der Waals surface area contributed by atoms with Crippen molar-refractivity contribution >= 4 is 15.9 Å². The molecule has 0 fully saturated rings. The number of alkyl halides is 1. The van der Waals surface area contributed by atoms with Gasteiger partial charge < -0.3 is 14.2 Å². The first-order chi connectivity index (χ1) is 16.9. The first-order valence-electron chi connectivity index (χ1n) is 12.5. The number of aliphatic hydroxyl groups is 1. The second-order valence-corrected chi connectivity index (χ2v) is 11.5. The molecule has 0 bridgehead atoms. The van der Waals surface area contributed by atoms with E-state index in [1.807, 2.05) is 6.07 Å². The van der Waals surface area contributed by atoms with E-state index in [-0.39, 0.29) is 13.5 Å². The Labute approximate surface area is 231 Å². The molecule has 0 aliphatic rings. The molecule has 0 aromatic carbocycles.